The zero-order valence-electron chi connectivity index (χ0n) is 14.3. The van der Waals surface area contributed by atoms with Crippen LogP contribution in [0.5, 0.6) is 0 Å². The fourth-order valence-corrected chi connectivity index (χ4v) is 1.90. The second-order valence-corrected chi connectivity index (χ2v) is 5.20. The van der Waals surface area contributed by atoms with Crippen molar-refractivity contribution >= 4 is 11.9 Å². The van der Waals surface area contributed by atoms with E-state index in [2.05, 4.69) is 32.5 Å². The number of alkyl halides is 3. The smallest absolute Gasteiger partial charge is 0.357 e. The number of rotatable bonds is 8. The van der Waals surface area contributed by atoms with E-state index in [9.17, 15) is 13.2 Å². The van der Waals surface area contributed by atoms with Gasteiger partial charge in [-0.05, 0) is 19.4 Å². The van der Waals surface area contributed by atoms with E-state index in [1.807, 2.05) is 18.9 Å². The molecule has 6 nitrogen and oxygen atoms in total. The summed E-state index contributed by atoms with van der Waals surface area (Å²) in [7, 11) is 1.96. The Labute approximate surface area is 140 Å². The number of halogens is 3. The molecule has 1 heterocycles. The van der Waals surface area contributed by atoms with Gasteiger partial charge >= 0.3 is 6.18 Å². The molecule has 2 N–H and O–H groups in total. The predicted molar refractivity (Wildman–Crippen MR) is 89.0 cm³/mol. The minimum Gasteiger partial charge on any atom is -0.357 e. The molecule has 136 valence electrons. The molecular formula is C15H25F3N6. The van der Waals surface area contributed by atoms with Gasteiger partial charge in [0, 0.05) is 32.9 Å². The van der Waals surface area contributed by atoms with Gasteiger partial charge < -0.3 is 15.5 Å². The fraction of sp³-hybridized carbons (Fsp3) is 0.667. The first-order valence-corrected chi connectivity index (χ1v) is 8.02. The van der Waals surface area contributed by atoms with Crippen molar-refractivity contribution in [2.75, 3.05) is 38.5 Å². The van der Waals surface area contributed by atoms with Crippen LogP contribution in [0.1, 0.15) is 32.4 Å². The first-order chi connectivity index (χ1) is 11.4. The molecule has 0 radical (unpaired) electrons. The van der Waals surface area contributed by atoms with E-state index in [4.69, 9.17) is 0 Å². The second kappa shape index (κ2) is 9.94. The predicted octanol–water partition coefficient (Wildman–Crippen LogP) is 2.60. The van der Waals surface area contributed by atoms with Gasteiger partial charge in [-0.1, -0.05) is 13.3 Å². The van der Waals surface area contributed by atoms with Crippen molar-refractivity contribution in [3.05, 3.63) is 18.0 Å². The molecule has 0 bridgehead atoms. The van der Waals surface area contributed by atoms with Gasteiger partial charge in [-0.2, -0.15) is 13.2 Å². The Morgan fingerprint density at radius 3 is 2.71 bits per heavy atom. The molecule has 1 rings (SSSR count). The van der Waals surface area contributed by atoms with Crippen LogP contribution in [-0.4, -0.2) is 54.1 Å². The molecule has 0 amide bonds. The van der Waals surface area contributed by atoms with Crippen LogP contribution in [0.2, 0.25) is 0 Å². The van der Waals surface area contributed by atoms with E-state index in [-0.39, 0.29) is 5.95 Å². The Morgan fingerprint density at radius 1 is 1.33 bits per heavy atom. The van der Waals surface area contributed by atoms with E-state index in [1.54, 1.807) is 0 Å². The maximum Gasteiger partial charge on any atom is 0.433 e. The second-order valence-electron chi connectivity index (χ2n) is 5.20. The van der Waals surface area contributed by atoms with Crippen molar-refractivity contribution in [1.82, 2.24) is 20.2 Å². The van der Waals surface area contributed by atoms with Crippen LogP contribution in [-0.2, 0) is 6.18 Å². The van der Waals surface area contributed by atoms with Crippen molar-refractivity contribution in [1.29, 1.82) is 0 Å². The zero-order valence-corrected chi connectivity index (χ0v) is 14.3. The lowest BCUT2D eigenvalue weighted by Gasteiger charge is -2.21. The summed E-state index contributed by atoms with van der Waals surface area (Å²) >= 11 is 0. The number of nitrogens with one attached hydrogen (secondary N) is 2. The van der Waals surface area contributed by atoms with Crippen molar-refractivity contribution in [2.45, 2.75) is 32.9 Å². The highest BCUT2D eigenvalue weighted by Gasteiger charge is 2.32. The Kier molecular flexibility index (Phi) is 8.28. The van der Waals surface area contributed by atoms with E-state index in [0.717, 1.165) is 44.2 Å². The number of guanidine groups is 1. The SMILES string of the molecule is CCCCN(C)C(=NCCNc1nccc(C(F)(F)F)n1)NCC. The molecule has 0 spiro atoms. The highest BCUT2D eigenvalue weighted by Crippen LogP contribution is 2.27. The third-order valence-corrected chi connectivity index (χ3v) is 3.15. The number of aliphatic imine (C=N–C) groups is 1. The topological polar surface area (TPSA) is 65.4 Å². The third-order valence-electron chi connectivity index (χ3n) is 3.15. The number of hydrogen-bond acceptors (Lipinski definition) is 4. The van der Waals surface area contributed by atoms with Crippen LogP contribution in [0.25, 0.3) is 0 Å². The van der Waals surface area contributed by atoms with Gasteiger partial charge in [0.1, 0.15) is 5.69 Å². The van der Waals surface area contributed by atoms with Crippen molar-refractivity contribution in [2.24, 2.45) is 4.99 Å². The molecule has 0 aromatic carbocycles. The molecule has 0 saturated heterocycles. The van der Waals surface area contributed by atoms with Gasteiger partial charge in [-0.3, -0.25) is 4.99 Å². The first-order valence-electron chi connectivity index (χ1n) is 8.02. The first kappa shape index (κ1) is 20.0. The van der Waals surface area contributed by atoms with Crippen LogP contribution >= 0.6 is 0 Å². The Morgan fingerprint density at radius 2 is 2.08 bits per heavy atom. The third kappa shape index (κ3) is 7.01. The Bertz CT molecular complexity index is 518. The minimum absolute atomic E-state index is 0.0515. The summed E-state index contributed by atoms with van der Waals surface area (Å²) in [5.74, 6) is 0.724. The van der Waals surface area contributed by atoms with Gasteiger partial charge in [-0.25, -0.2) is 9.97 Å². The molecule has 1 aromatic rings. The highest BCUT2D eigenvalue weighted by atomic mass is 19.4. The monoisotopic (exact) mass is 346 g/mol. The van der Waals surface area contributed by atoms with E-state index in [1.165, 1.54) is 0 Å². The molecule has 24 heavy (non-hydrogen) atoms. The van der Waals surface area contributed by atoms with Crippen molar-refractivity contribution in [3.8, 4) is 0 Å². The lowest BCUT2D eigenvalue weighted by atomic mass is 10.3. The average Bonchev–Trinajstić information content (AvgIpc) is 2.55. The quantitative estimate of drug-likeness (QED) is 0.430. The number of nitrogens with zero attached hydrogens (tertiary/aromatic N) is 4. The van der Waals surface area contributed by atoms with Gasteiger partial charge in [0.15, 0.2) is 5.96 Å². The van der Waals surface area contributed by atoms with E-state index < -0.39 is 11.9 Å². The molecule has 0 atom stereocenters. The minimum atomic E-state index is -4.47. The number of hydrogen-bond donors (Lipinski definition) is 2. The molecule has 0 unspecified atom stereocenters. The van der Waals surface area contributed by atoms with Gasteiger partial charge in [-0.15, -0.1) is 0 Å². The molecule has 0 saturated carbocycles. The fourth-order valence-electron chi connectivity index (χ4n) is 1.90. The van der Waals surface area contributed by atoms with Crippen LogP contribution < -0.4 is 10.6 Å². The normalized spacial score (nSPS) is 12.2. The molecule has 0 fully saturated rings. The summed E-state index contributed by atoms with van der Waals surface area (Å²) in [6, 6.07) is 0.843. The largest absolute Gasteiger partial charge is 0.433 e. The summed E-state index contributed by atoms with van der Waals surface area (Å²) in [6.45, 7) is 6.50. The van der Waals surface area contributed by atoms with Gasteiger partial charge in [0.05, 0.1) is 6.54 Å². The van der Waals surface area contributed by atoms with Crippen LogP contribution in [0.4, 0.5) is 19.1 Å². The number of aromatic nitrogens is 2. The van der Waals surface area contributed by atoms with Crippen LogP contribution in [0.15, 0.2) is 17.3 Å². The molecule has 0 aliphatic carbocycles. The lowest BCUT2D eigenvalue weighted by molar-refractivity contribution is -0.141. The summed E-state index contributed by atoms with van der Waals surface area (Å²) < 4.78 is 37.8. The Hall–Kier alpha value is -2.06. The zero-order chi connectivity index (χ0) is 18.0. The Balaban J connectivity index is 2.55. The maximum absolute atomic E-state index is 12.6. The molecule has 0 aliphatic rings. The molecular weight excluding hydrogens is 321 g/mol. The van der Waals surface area contributed by atoms with Crippen molar-refractivity contribution in [3.63, 3.8) is 0 Å². The van der Waals surface area contributed by atoms with Crippen LogP contribution in [0, 0.1) is 0 Å². The van der Waals surface area contributed by atoms with Crippen molar-refractivity contribution < 1.29 is 13.2 Å². The standard InChI is InChI=1S/C15H25F3N6/c1-4-6-11-24(3)14(19-5-2)22-10-9-21-13-20-8-7-12(23-13)15(16,17)18/h7-8H,4-6,9-11H2,1-3H3,(H,19,22)(H,20,21,23). The summed E-state index contributed by atoms with van der Waals surface area (Å²) in [5.41, 5.74) is -0.962. The van der Waals surface area contributed by atoms with E-state index >= 15 is 0 Å². The highest BCUT2D eigenvalue weighted by molar-refractivity contribution is 5.79. The average molecular weight is 346 g/mol. The van der Waals surface area contributed by atoms with Gasteiger partial charge in [0.25, 0.3) is 0 Å². The lowest BCUT2D eigenvalue weighted by Crippen LogP contribution is -2.39. The molecule has 1 aromatic heterocycles. The summed E-state index contributed by atoms with van der Waals surface area (Å²) in [5, 5.41) is 5.95. The maximum atomic E-state index is 12.6. The molecule has 9 heteroatoms. The number of anilines is 1. The van der Waals surface area contributed by atoms with Gasteiger partial charge in [0.2, 0.25) is 5.95 Å². The number of unbranched alkanes of at least 4 members (excludes halogenated alkanes) is 1. The van der Waals surface area contributed by atoms with Crippen LogP contribution in [0.3, 0.4) is 0 Å². The van der Waals surface area contributed by atoms with E-state index in [0.29, 0.717) is 13.1 Å². The molecule has 0 aliphatic heterocycles. The summed E-state index contributed by atoms with van der Waals surface area (Å²) in [6.07, 6.45) is -1.23. The summed E-state index contributed by atoms with van der Waals surface area (Å²) in [4.78, 5) is 13.7.